The van der Waals surface area contributed by atoms with Crippen LogP contribution in [0.2, 0.25) is 10.0 Å². The van der Waals surface area contributed by atoms with Crippen molar-refractivity contribution in [2.75, 3.05) is 13.1 Å². The molecule has 2 aliphatic carbocycles. The lowest BCUT2D eigenvalue weighted by Crippen LogP contribution is -2.41. The van der Waals surface area contributed by atoms with E-state index in [1.54, 1.807) is 22.9 Å². The summed E-state index contributed by atoms with van der Waals surface area (Å²) in [6, 6.07) is 11.4. The van der Waals surface area contributed by atoms with Crippen LogP contribution in [0, 0.1) is 41.7 Å². The summed E-state index contributed by atoms with van der Waals surface area (Å²) < 4.78 is 35.2. The van der Waals surface area contributed by atoms with Crippen molar-refractivity contribution in [3.05, 3.63) is 81.4 Å². The Labute approximate surface area is 291 Å². The van der Waals surface area contributed by atoms with E-state index in [-0.39, 0.29) is 53.0 Å². The summed E-state index contributed by atoms with van der Waals surface area (Å²) in [4.78, 5) is 20.7. The number of hydrogen-bond donors (Lipinski definition) is 1. The Morgan fingerprint density at radius 3 is 2.69 bits per heavy atom. The summed E-state index contributed by atoms with van der Waals surface area (Å²) in [5.74, 6) is -0.390. The number of carbonyl (C=O) groups is 1. The SMILES string of the molecule is Cc1nc2c(F)c(-c3cccc(Cl)c3Cl)c(CCC#N)cc2c2c1cc(C1CC(n3cc(F)cn3)CN1C(=O)C1CC1)n2C1C2CNC1C2. The highest BCUT2D eigenvalue weighted by Gasteiger charge is 2.51. The number of nitrogens with zero attached hydrogens (tertiary/aromatic N) is 6. The minimum absolute atomic E-state index is 0.00717. The highest BCUT2D eigenvalue weighted by atomic mass is 35.5. The zero-order valence-electron chi connectivity index (χ0n) is 26.8. The Bertz CT molecular complexity index is 2220. The lowest BCUT2D eigenvalue weighted by molar-refractivity contribution is -0.133. The number of likely N-dealkylation sites (tertiary alicyclic amines) is 1. The minimum atomic E-state index is -0.504. The molecule has 250 valence electrons. The number of carbonyl (C=O) groups excluding carboxylic acids is 1. The summed E-state index contributed by atoms with van der Waals surface area (Å²) in [6.45, 7) is 3.23. The second-order valence-electron chi connectivity index (χ2n) is 14.1. The maximum atomic E-state index is 17.1. The van der Waals surface area contributed by atoms with Crippen molar-refractivity contribution >= 4 is 50.9 Å². The lowest BCUT2D eigenvalue weighted by atomic mass is 9.79. The summed E-state index contributed by atoms with van der Waals surface area (Å²) >= 11 is 13.1. The number of fused-ring (bicyclic) bond motifs is 4. The highest BCUT2D eigenvalue weighted by Crippen LogP contribution is 2.52. The van der Waals surface area contributed by atoms with Gasteiger partial charge >= 0.3 is 0 Å². The molecule has 49 heavy (non-hydrogen) atoms. The Morgan fingerprint density at radius 1 is 1.16 bits per heavy atom. The van der Waals surface area contributed by atoms with Gasteiger partial charge in [0, 0.05) is 64.8 Å². The molecule has 3 aliphatic heterocycles. The van der Waals surface area contributed by atoms with E-state index in [2.05, 4.69) is 27.1 Å². The average molecular weight is 701 g/mol. The number of nitrogens with one attached hydrogen (secondary N) is 1. The van der Waals surface area contributed by atoms with Crippen LogP contribution in [0.15, 0.2) is 42.7 Å². The van der Waals surface area contributed by atoms with Crippen LogP contribution in [-0.2, 0) is 11.2 Å². The predicted octanol–water partition coefficient (Wildman–Crippen LogP) is 7.86. The fourth-order valence-corrected chi connectivity index (χ4v) is 9.10. The third-order valence-corrected chi connectivity index (χ3v) is 12.0. The van der Waals surface area contributed by atoms with Crippen LogP contribution in [0.3, 0.4) is 0 Å². The smallest absolute Gasteiger partial charge is 0.226 e. The van der Waals surface area contributed by atoms with Crippen molar-refractivity contribution in [2.24, 2.45) is 11.8 Å². The van der Waals surface area contributed by atoms with Gasteiger partial charge in [0.2, 0.25) is 5.91 Å². The molecule has 1 amide bonds. The molecule has 5 aliphatic rings. The van der Waals surface area contributed by atoms with Crippen molar-refractivity contribution < 1.29 is 13.6 Å². The molecule has 1 N–H and O–H groups in total. The molecule has 0 spiro atoms. The largest absolute Gasteiger partial charge is 0.337 e. The molecule has 2 saturated carbocycles. The molecule has 5 unspecified atom stereocenters. The monoisotopic (exact) mass is 699 g/mol. The van der Waals surface area contributed by atoms with Gasteiger partial charge in [-0.3, -0.25) is 9.48 Å². The zero-order valence-corrected chi connectivity index (χ0v) is 28.3. The number of nitriles is 1. The molecule has 2 aromatic carbocycles. The van der Waals surface area contributed by atoms with E-state index < -0.39 is 11.6 Å². The number of pyridine rings is 1. The number of rotatable bonds is 7. The number of benzene rings is 2. The first-order chi connectivity index (χ1) is 23.7. The molecule has 8 nitrogen and oxygen atoms in total. The molecule has 3 saturated heterocycles. The molecule has 12 heteroatoms. The fraction of sp³-hybridized carbons (Fsp3) is 0.405. The van der Waals surface area contributed by atoms with Gasteiger partial charge in [0.25, 0.3) is 0 Å². The number of amides is 1. The Kier molecular flexibility index (Phi) is 7.28. The van der Waals surface area contributed by atoms with Gasteiger partial charge in [0.1, 0.15) is 5.52 Å². The molecule has 5 aromatic rings. The molecule has 5 atom stereocenters. The van der Waals surface area contributed by atoms with Gasteiger partial charge in [-0.05, 0) is 68.7 Å². The van der Waals surface area contributed by atoms with E-state index in [0.717, 1.165) is 42.4 Å². The number of hydrogen-bond acceptors (Lipinski definition) is 5. The Hall–Kier alpha value is -4.04. The maximum Gasteiger partial charge on any atom is 0.226 e. The van der Waals surface area contributed by atoms with Crippen molar-refractivity contribution in [3.63, 3.8) is 0 Å². The Morgan fingerprint density at radius 2 is 2.00 bits per heavy atom. The molecule has 10 rings (SSSR count). The van der Waals surface area contributed by atoms with Crippen LogP contribution in [0.1, 0.15) is 67.2 Å². The summed E-state index contributed by atoms with van der Waals surface area (Å²) in [5, 5.41) is 19.6. The lowest BCUT2D eigenvalue weighted by Gasteiger charge is -2.39. The molecular formula is C37H33Cl2F2N7O. The molecule has 6 heterocycles. The van der Waals surface area contributed by atoms with Crippen LogP contribution in [0.5, 0.6) is 0 Å². The average Bonchev–Trinajstić information content (AvgIpc) is 3.54. The summed E-state index contributed by atoms with van der Waals surface area (Å²) in [5.41, 5.74) is 4.19. The number of aromatic nitrogens is 4. The molecular weight excluding hydrogens is 667 g/mol. The van der Waals surface area contributed by atoms with Gasteiger partial charge in [0.05, 0.1) is 52.2 Å². The topological polar surface area (TPSA) is 91.8 Å². The van der Waals surface area contributed by atoms with Crippen molar-refractivity contribution in [2.45, 2.75) is 69.6 Å². The fourth-order valence-electron chi connectivity index (χ4n) is 8.71. The second kappa shape index (κ2) is 11.5. The van der Waals surface area contributed by atoms with E-state index >= 15 is 4.39 Å². The number of aryl methyl sites for hydroxylation is 2. The molecule has 5 fully saturated rings. The maximum absolute atomic E-state index is 17.1. The van der Waals surface area contributed by atoms with Gasteiger partial charge < -0.3 is 14.8 Å². The van der Waals surface area contributed by atoms with Crippen LogP contribution in [0.25, 0.3) is 32.9 Å². The quantitative estimate of drug-likeness (QED) is 0.187. The van der Waals surface area contributed by atoms with Gasteiger partial charge in [0.15, 0.2) is 11.6 Å². The van der Waals surface area contributed by atoms with Gasteiger partial charge in [-0.2, -0.15) is 10.4 Å². The highest BCUT2D eigenvalue weighted by molar-refractivity contribution is 6.43. The van der Waals surface area contributed by atoms with Crippen LogP contribution < -0.4 is 5.32 Å². The normalized spacial score (nSPS) is 24.6. The van der Waals surface area contributed by atoms with E-state index in [0.29, 0.717) is 58.1 Å². The van der Waals surface area contributed by atoms with Crippen LogP contribution in [0.4, 0.5) is 8.78 Å². The van der Waals surface area contributed by atoms with Gasteiger partial charge in [-0.1, -0.05) is 35.3 Å². The molecule has 3 aromatic heterocycles. The molecule has 2 bridgehead atoms. The van der Waals surface area contributed by atoms with E-state index in [1.807, 2.05) is 17.9 Å². The summed E-state index contributed by atoms with van der Waals surface area (Å²) in [7, 11) is 0. The Balaban J connectivity index is 1.30. The van der Waals surface area contributed by atoms with Crippen molar-refractivity contribution in [3.8, 4) is 17.2 Å². The van der Waals surface area contributed by atoms with E-state index in [9.17, 15) is 14.4 Å². The standard InChI is InChI=1S/C37H33Cl2F2N7O/c1-18-25-13-30(29-12-23(47-16-22(40)15-44-47)17-46(29)37(49)19-7-8-19)48(35-21-11-28(35)43-14-21)36(25)26-10-20(4-3-9-42)31(33(41)34(26)45-18)24-5-2-6-27(38)32(24)39/h2,5-6,10,13,15-16,19,21,23,28-29,35,43H,3-4,7-8,11-12,14,17H2,1H3. The van der Waals surface area contributed by atoms with Crippen molar-refractivity contribution in [1.29, 1.82) is 5.26 Å². The van der Waals surface area contributed by atoms with Crippen LogP contribution in [-0.4, -0.2) is 49.3 Å². The van der Waals surface area contributed by atoms with E-state index in [4.69, 9.17) is 28.2 Å². The van der Waals surface area contributed by atoms with Gasteiger partial charge in [-0.25, -0.2) is 13.8 Å². The zero-order chi connectivity index (χ0) is 33.7. The first kappa shape index (κ1) is 31.0. The number of halogens is 4. The van der Waals surface area contributed by atoms with Crippen LogP contribution >= 0.6 is 23.2 Å². The van der Waals surface area contributed by atoms with E-state index in [1.165, 1.54) is 12.4 Å². The first-order valence-electron chi connectivity index (χ1n) is 16.9. The predicted molar refractivity (Wildman–Crippen MR) is 183 cm³/mol. The third-order valence-electron chi connectivity index (χ3n) is 11.2. The summed E-state index contributed by atoms with van der Waals surface area (Å²) in [6.07, 6.45) is 6.49. The molecule has 0 radical (unpaired) electrons. The third kappa shape index (κ3) is 4.80. The first-order valence-corrected chi connectivity index (χ1v) is 17.7. The second-order valence-corrected chi connectivity index (χ2v) is 14.9. The minimum Gasteiger partial charge on any atom is -0.337 e. The van der Waals surface area contributed by atoms with Gasteiger partial charge in [-0.15, -0.1) is 0 Å². The van der Waals surface area contributed by atoms with Crippen molar-refractivity contribution in [1.82, 2.24) is 29.5 Å².